The molecule has 2 aromatic carbocycles. The first-order chi connectivity index (χ1) is 9.79. The maximum Gasteiger partial charge on any atom is 0.337 e. The molecule has 4 nitrogen and oxygen atoms in total. The van der Waals surface area contributed by atoms with Crippen LogP contribution >= 0.6 is 11.6 Å². The Morgan fingerprint density at radius 1 is 1.14 bits per heavy atom. The molecular weight excluding hydrogens is 309 g/mol. The first-order valence-corrected chi connectivity index (χ1v) is 5.91. The van der Waals surface area contributed by atoms with Crippen molar-refractivity contribution in [3.63, 3.8) is 0 Å². The molecule has 0 unspecified atom stereocenters. The lowest BCUT2D eigenvalue weighted by molar-refractivity contribution is 0.0698. The van der Waals surface area contributed by atoms with Gasteiger partial charge in [0.05, 0.1) is 16.3 Å². The number of aromatic carboxylic acids is 1. The van der Waals surface area contributed by atoms with Crippen LogP contribution in [0.2, 0.25) is 5.02 Å². The Bertz CT molecular complexity index is 715. The van der Waals surface area contributed by atoms with Gasteiger partial charge in [-0.05, 0) is 12.1 Å². The first-order valence-electron chi connectivity index (χ1n) is 5.53. The van der Waals surface area contributed by atoms with Crippen LogP contribution < -0.4 is 11.1 Å². The van der Waals surface area contributed by atoms with Crippen LogP contribution in [0, 0.1) is 17.5 Å². The smallest absolute Gasteiger partial charge is 0.337 e. The third-order valence-electron chi connectivity index (χ3n) is 2.60. The number of hydrogen-bond donors (Lipinski definition) is 3. The molecule has 0 radical (unpaired) electrons. The molecule has 0 fully saturated rings. The van der Waals surface area contributed by atoms with Gasteiger partial charge in [-0.2, -0.15) is 0 Å². The number of nitrogen functional groups attached to an aromatic ring is 1. The molecule has 4 N–H and O–H groups in total. The summed E-state index contributed by atoms with van der Waals surface area (Å²) in [5.74, 6) is -5.79. The van der Waals surface area contributed by atoms with Crippen molar-refractivity contribution in [2.24, 2.45) is 0 Å². The van der Waals surface area contributed by atoms with E-state index in [2.05, 4.69) is 5.32 Å². The second kappa shape index (κ2) is 5.53. The number of hydrogen-bond acceptors (Lipinski definition) is 3. The monoisotopic (exact) mass is 316 g/mol. The molecule has 0 amide bonds. The summed E-state index contributed by atoms with van der Waals surface area (Å²) in [4.78, 5) is 11.1. The van der Waals surface area contributed by atoms with Gasteiger partial charge in [0.1, 0.15) is 0 Å². The van der Waals surface area contributed by atoms with Gasteiger partial charge in [0, 0.05) is 23.5 Å². The molecule has 0 saturated carbocycles. The third kappa shape index (κ3) is 3.03. The summed E-state index contributed by atoms with van der Waals surface area (Å²) in [6.07, 6.45) is 0. The van der Waals surface area contributed by atoms with Crippen molar-refractivity contribution in [1.29, 1.82) is 0 Å². The molecular formula is C13H8ClF3N2O2. The molecule has 0 saturated heterocycles. The quantitative estimate of drug-likeness (QED) is 0.595. The van der Waals surface area contributed by atoms with Crippen molar-refractivity contribution in [2.75, 3.05) is 11.1 Å². The number of carboxylic acids is 1. The summed E-state index contributed by atoms with van der Waals surface area (Å²) in [6.45, 7) is 0. The number of benzene rings is 2. The zero-order valence-corrected chi connectivity index (χ0v) is 11.0. The van der Waals surface area contributed by atoms with E-state index in [0.717, 1.165) is 6.07 Å². The van der Waals surface area contributed by atoms with Gasteiger partial charge in [-0.3, -0.25) is 0 Å². The van der Waals surface area contributed by atoms with Crippen molar-refractivity contribution in [3.8, 4) is 0 Å². The van der Waals surface area contributed by atoms with Gasteiger partial charge in [0.15, 0.2) is 17.5 Å². The molecule has 0 aliphatic carbocycles. The predicted molar refractivity (Wildman–Crippen MR) is 72.4 cm³/mol. The lowest BCUT2D eigenvalue weighted by Gasteiger charge is -2.13. The molecule has 2 aromatic rings. The van der Waals surface area contributed by atoms with E-state index in [0.29, 0.717) is 12.1 Å². The Morgan fingerprint density at radius 2 is 1.71 bits per heavy atom. The summed E-state index contributed by atoms with van der Waals surface area (Å²) in [6, 6.07) is 3.76. The lowest BCUT2D eigenvalue weighted by atomic mass is 10.1. The van der Waals surface area contributed by atoms with Crippen molar-refractivity contribution >= 4 is 34.6 Å². The van der Waals surface area contributed by atoms with Gasteiger partial charge >= 0.3 is 5.97 Å². The average molecular weight is 317 g/mol. The standard InChI is InChI=1S/C13H8ClF3N2O2/c14-8-2-5(18)1-7(13(20)21)12(8)19-6-3-9(15)11(17)10(16)4-6/h1-4,19H,18H2,(H,20,21). The van der Waals surface area contributed by atoms with Crippen LogP contribution in [0.5, 0.6) is 0 Å². The van der Waals surface area contributed by atoms with Gasteiger partial charge in [-0.15, -0.1) is 0 Å². The maximum atomic E-state index is 13.1. The Kier molecular flexibility index (Phi) is 3.95. The molecule has 0 aromatic heterocycles. The summed E-state index contributed by atoms with van der Waals surface area (Å²) < 4.78 is 39.2. The van der Waals surface area contributed by atoms with Crippen LogP contribution in [-0.4, -0.2) is 11.1 Å². The minimum absolute atomic E-state index is 0.0578. The third-order valence-corrected chi connectivity index (χ3v) is 2.89. The van der Waals surface area contributed by atoms with E-state index in [1.807, 2.05) is 0 Å². The highest BCUT2D eigenvalue weighted by Gasteiger charge is 2.17. The molecule has 0 spiro atoms. The maximum absolute atomic E-state index is 13.1. The second-order valence-corrected chi connectivity index (χ2v) is 4.52. The van der Waals surface area contributed by atoms with Gasteiger partial charge in [-0.25, -0.2) is 18.0 Å². The number of rotatable bonds is 3. The van der Waals surface area contributed by atoms with Gasteiger partial charge in [0.25, 0.3) is 0 Å². The number of carboxylic acid groups (broad SMARTS) is 1. The van der Waals surface area contributed by atoms with Crippen molar-refractivity contribution < 1.29 is 23.1 Å². The van der Waals surface area contributed by atoms with Crippen molar-refractivity contribution in [1.82, 2.24) is 0 Å². The Hall–Kier alpha value is -2.41. The molecule has 2 rings (SSSR count). The molecule has 8 heteroatoms. The van der Waals surface area contributed by atoms with Crippen LogP contribution in [-0.2, 0) is 0 Å². The summed E-state index contributed by atoms with van der Waals surface area (Å²) in [5, 5.41) is 11.5. The van der Waals surface area contributed by atoms with E-state index in [-0.39, 0.29) is 27.6 Å². The average Bonchev–Trinajstić information content (AvgIpc) is 2.38. The predicted octanol–water partition coefficient (Wildman–Crippen LogP) is 3.78. The molecule has 0 heterocycles. The van der Waals surface area contributed by atoms with Crippen molar-refractivity contribution in [3.05, 3.63) is 52.3 Å². The molecule has 21 heavy (non-hydrogen) atoms. The minimum Gasteiger partial charge on any atom is -0.478 e. The topological polar surface area (TPSA) is 75.3 Å². The Morgan fingerprint density at radius 3 is 2.24 bits per heavy atom. The van der Waals surface area contributed by atoms with E-state index in [1.165, 1.54) is 6.07 Å². The Balaban J connectivity index is 2.51. The molecule has 0 aliphatic heterocycles. The number of anilines is 3. The fraction of sp³-hybridized carbons (Fsp3) is 0. The van der Waals surface area contributed by atoms with Crippen LogP contribution in [0.3, 0.4) is 0 Å². The molecule has 0 atom stereocenters. The minimum atomic E-state index is -1.62. The van der Waals surface area contributed by atoms with E-state index >= 15 is 0 Å². The van der Waals surface area contributed by atoms with Crippen LogP contribution in [0.1, 0.15) is 10.4 Å². The summed E-state index contributed by atoms with van der Waals surface area (Å²) in [7, 11) is 0. The highest BCUT2D eigenvalue weighted by atomic mass is 35.5. The fourth-order valence-corrected chi connectivity index (χ4v) is 1.97. The number of halogens is 4. The highest BCUT2D eigenvalue weighted by molar-refractivity contribution is 6.34. The van der Waals surface area contributed by atoms with Gasteiger partial charge in [-0.1, -0.05) is 11.6 Å². The fourth-order valence-electron chi connectivity index (χ4n) is 1.70. The normalized spacial score (nSPS) is 10.5. The zero-order valence-electron chi connectivity index (χ0n) is 10.3. The van der Waals surface area contributed by atoms with Crippen LogP contribution in [0.25, 0.3) is 0 Å². The number of nitrogens with one attached hydrogen (secondary N) is 1. The Labute approximate surface area is 121 Å². The summed E-state index contributed by atoms with van der Waals surface area (Å²) >= 11 is 5.87. The van der Waals surface area contributed by atoms with Crippen LogP contribution in [0.4, 0.5) is 30.2 Å². The first kappa shape index (κ1) is 15.0. The lowest BCUT2D eigenvalue weighted by Crippen LogP contribution is -2.05. The number of carbonyl (C=O) groups is 1. The van der Waals surface area contributed by atoms with Gasteiger partial charge in [0.2, 0.25) is 0 Å². The zero-order chi connectivity index (χ0) is 15.7. The summed E-state index contributed by atoms with van der Waals surface area (Å²) in [5.41, 5.74) is 5.00. The van der Waals surface area contributed by atoms with E-state index < -0.39 is 23.4 Å². The number of nitrogens with two attached hydrogens (primary N) is 1. The largest absolute Gasteiger partial charge is 0.478 e. The van der Waals surface area contributed by atoms with E-state index in [4.69, 9.17) is 22.4 Å². The van der Waals surface area contributed by atoms with Crippen molar-refractivity contribution in [2.45, 2.75) is 0 Å². The highest BCUT2D eigenvalue weighted by Crippen LogP contribution is 2.32. The van der Waals surface area contributed by atoms with E-state index in [1.54, 1.807) is 0 Å². The van der Waals surface area contributed by atoms with Crippen LogP contribution in [0.15, 0.2) is 24.3 Å². The van der Waals surface area contributed by atoms with E-state index in [9.17, 15) is 18.0 Å². The molecule has 110 valence electrons. The SMILES string of the molecule is Nc1cc(Cl)c(Nc2cc(F)c(F)c(F)c2)c(C(=O)O)c1. The molecule has 0 bridgehead atoms. The molecule has 0 aliphatic rings. The second-order valence-electron chi connectivity index (χ2n) is 4.11. The van der Waals surface area contributed by atoms with Gasteiger partial charge < -0.3 is 16.2 Å².